The lowest BCUT2D eigenvalue weighted by atomic mass is 9.59. The van der Waals surface area contributed by atoms with Crippen molar-refractivity contribution >= 4 is 46.0 Å². The number of benzene rings is 3. The van der Waals surface area contributed by atoms with Crippen molar-refractivity contribution in [2.24, 2.45) is 10.8 Å². The van der Waals surface area contributed by atoms with E-state index in [0.29, 0.717) is 84.3 Å². The van der Waals surface area contributed by atoms with Crippen LogP contribution in [0.4, 0.5) is 14.6 Å². The van der Waals surface area contributed by atoms with Crippen LogP contribution in [0, 0.1) is 34.8 Å². The highest BCUT2D eigenvalue weighted by atomic mass is 19.1. The highest BCUT2D eigenvalue weighted by molar-refractivity contribution is 6.03. The summed E-state index contributed by atoms with van der Waals surface area (Å²) in [7, 11) is 3.49. The predicted octanol–water partition coefficient (Wildman–Crippen LogP) is 7.37. The predicted molar refractivity (Wildman–Crippen MR) is 280 cm³/mol. The second kappa shape index (κ2) is 20.5. The van der Waals surface area contributed by atoms with Crippen LogP contribution >= 0.6 is 0 Å². The highest BCUT2D eigenvalue weighted by Crippen LogP contribution is 2.53. The number of carbonyl (C=O) groups is 3. The summed E-state index contributed by atoms with van der Waals surface area (Å²) in [5.41, 5.74) is 3.28. The third-order valence-electron chi connectivity index (χ3n) is 17.8. The Labute approximate surface area is 431 Å². The van der Waals surface area contributed by atoms with Crippen LogP contribution in [-0.4, -0.2) is 144 Å². The van der Waals surface area contributed by atoms with Crippen molar-refractivity contribution in [1.29, 1.82) is 0 Å². The van der Waals surface area contributed by atoms with Crippen molar-refractivity contribution in [3.05, 3.63) is 82.5 Å². The zero-order valence-electron chi connectivity index (χ0n) is 42.6. The van der Waals surface area contributed by atoms with Crippen LogP contribution in [0.25, 0.3) is 32.9 Å². The number of terminal acetylenes is 1. The fourth-order valence-electron chi connectivity index (χ4n) is 13.3. The molecule has 2 aliphatic carbocycles. The minimum atomic E-state index is -0.725. The number of piperazine rings is 1. The molecule has 6 fully saturated rings. The van der Waals surface area contributed by atoms with E-state index in [9.17, 15) is 19.5 Å². The van der Waals surface area contributed by atoms with E-state index >= 15 is 8.78 Å². The molecule has 11 rings (SSSR count). The van der Waals surface area contributed by atoms with Gasteiger partial charge >= 0.3 is 6.01 Å². The molecule has 1 spiro atoms. The van der Waals surface area contributed by atoms with Gasteiger partial charge in [0, 0.05) is 85.9 Å². The number of pyridine rings is 1. The standard InChI is InChI=1S/C58H67F2N9O5/c1-4-44-49(59)12-8-37-24-43(72)25-46(51(37)44)53-52(60)54-47(28-62-53)55(69-29-39-9-10-40(30-69)63-39)65-56(64-54)74-35-58(16-17-58)34-67-22-18-57(19-23-67)26-42(27-57)68-20-14-36(15-21-68)45-7-5-6-38(32-70)48(45)31-66(3)41(33-71)11-13-50(73)61-2/h1,5-8,12,24-25,28,32-33,36,39-42,63,72H,9-11,13-23,26-27,29-31,34-35H2,2-3H3,(H,61,73). The number of likely N-dealkylation sites (tertiary alicyclic amines) is 2. The number of rotatable bonds is 17. The summed E-state index contributed by atoms with van der Waals surface area (Å²) < 4.78 is 38.8. The molecule has 3 N–H and O–H groups in total. The van der Waals surface area contributed by atoms with E-state index in [4.69, 9.17) is 21.1 Å². The number of ether oxygens (including phenoxy) is 1. The van der Waals surface area contributed by atoms with Crippen LogP contribution in [0.5, 0.6) is 11.8 Å². The molecule has 6 aliphatic rings. The van der Waals surface area contributed by atoms with E-state index < -0.39 is 17.7 Å². The van der Waals surface area contributed by atoms with Gasteiger partial charge in [-0.2, -0.15) is 9.97 Å². The number of nitrogens with zero attached hydrogens (tertiary/aromatic N) is 7. The average Bonchev–Trinajstić information content (AvgIpc) is 4.10. The number of carbonyl (C=O) groups excluding carboxylic acids is 3. The Bertz CT molecular complexity index is 3000. The van der Waals surface area contributed by atoms with Crippen LogP contribution < -0.4 is 20.3 Å². The number of piperidine rings is 2. The third kappa shape index (κ3) is 9.84. The van der Waals surface area contributed by atoms with Crippen molar-refractivity contribution in [2.45, 2.75) is 114 Å². The first-order valence-electron chi connectivity index (χ1n) is 26.7. The second-order valence-electron chi connectivity index (χ2n) is 22.5. The van der Waals surface area contributed by atoms with Crippen LogP contribution in [0.3, 0.4) is 0 Å². The average molecular weight is 1010 g/mol. The van der Waals surface area contributed by atoms with Crippen molar-refractivity contribution in [1.82, 2.24) is 40.3 Å². The molecule has 1 amide bonds. The Morgan fingerprint density at radius 1 is 1.03 bits per heavy atom. The van der Waals surface area contributed by atoms with Gasteiger partial charge in [0.05, 0.1) is 23.6 Å². The minimum Gasteiger partial charge on any atom is -0.508 e. The smallest absolute Gasteiger partial charge is 0.319 e. The maximum absolute atomic E-state index is 17.2. The summed E-state index contributed by atoms with van der Waals surface area (Å²) in [5.74, 6) is 1.76. The van der Waals surface area contributed by atoms with E-state index in [1.54, 1.807) is 13.2 Å². The fraction of sp³-hybridized carbons (Fsp3) is 0.517. The van der Waals surface area contributed by atoms with E-state index in [1.165, 1.54) is 55.5 Å². The second-order valence-corrected chi connectivity index (χ2v) is 22.5. The number of aldehydes is 2. The number of hydrogen-bond acceptors (Lipinski definition) is 13. The zero-order valence-corrected chi connectivity index (χ0v) is 42.6. The molecule has 14 nitrogen and oxygen atoms in total. The number of likely N-dealkylation sites (N-methyl/N-ethyl adjacent to an activating group) is 1. The Kier molecular flexibility index (Phi) is 13.9. The first-order valence-corrected chi connectivity index (χ1v) is 26.7. The van der Waals surface area contributed by atoms with Gasteiger partial charge in [-0.1, -0.05) is 30.2 Å². The number of nitrogens with one attached hydrogen (secondary N) is 2. The van der Waals surface area contributed by atoms with Gasteiger partial charge in [0.15, 0.2) is 5.82 Å². The van der Waals surface area contributed by atoms with Crippen LogP contribution in [-0.2, 0) is 16.1 Å². The van der Waals surface area contributed by atoms with Gasteiger partial charge in [-0.25, -0.2) is 8.78 Å². The Morgan fingerprint density at radius 2 is 1.78 bits per heavy atom. The number of amides is 1. The quantitative estimate of drug-likeness (QED) is 0.0628. The first kappa shape index (κ1) is 50.1. The molecule has 5 aromatic rings. The Balaban J connectivity index is 0.723. The van der Waals surface area contributed by atoms with Crippen LogP contribution in [0.15, 0.2) is 48.7 Å². The minimum absolute atomic E-state index is 0.0359. The Hall–Kier alpha value is -6.12. The summed E-state index contributed by atoms with van der Waals surface area (Å²) in [6.07, 6.45) is 20.9. The maximum atomic E-state index is 17.2. The molecule has 16 heteroatoms. The molecule has 2 saturated carbocycles. The molecule has 74 heavy (non-hydrogen) atoms. The molecular weight excluding hydrogens is 941 g/mol. The van der Waals surface area contributed by atoms with Crippen molar-refractivity contribution < 1.29 is 33.0 Å². The maximum Gasteiger partial charge on any atom is 0.319 e. The largest absolute Gasteiger partial charge is 0.508 e. The van der Waals surface area contributed by atoms with Gasteiger partial charge in [-0.3, -0.25) is 19.5 Å². The first-order chi connectivity index (χ1) is 35.9. The molecule has 2 aromatic heterocycles. The van der Waals surface area contributed by atoms with Gasteiger partial charge < -0.3 is 40.0 Å². The zero-order chi connectivity index (χ0) is 51.3. The lowest BCUT2D eigenvalue weighted by Crippen LogP contribution is -2.56. The topological polar surface area (TPSA) is 156 Å². The van der Waals surface area contributed by atoms with Gasteiger partial charge in [-0.05, 0) is 150 Å². The molecule has 3 unspecified atom stereocenters. The molecule has 3 atom stereocenters. The number of aromatic nitrogens is 3. The van der Waals surface area contributed by atoms with Crippen molar-refractivity contribution in [3.63, 3.8) is 0 Å². The summed E-state index contributed by atoms with van der Waals surface area (Å²) >= 11 is 0. The van der Waals surface area contributed by atoms with Gasteiger partial charge in [0.2, 0.25) is 5.91 Å². The van der Waals surface area contributed by atoms with Crippen molar-refractivity contribution in [3.8, 4) is 35.4 Å². The molecule has 0 radical (unpaired) electrons. The molecule has 2 bridgehead atoms. The van der Waals surface area contributed by atoms with Gasteiger partial charge in [0.1, 0.15) is 41.2 Å². The number of fused-ring (bicyclic) bond motifs is 4. The third-order valence-corrected chi connectivity index (χ3v) is 17.8. The molecule has 3 aromatic carbocycles. The molecule has 388 valence electrons. The van der Waals surface area contributed by atoms with Crippen LogP contribution in [0.1, 0.15) is 110 Å². The molecule has 6 heterocycles. The number of halogens is 2. The lowest BCUT2D eigenvalue weighted by molar-refractivity contribution is -0.121. The van der Waals surface area contributed by atoms with Gasteiger partial charge in [-0.15, -0.1) is 6.42 Å². The SMILES string of the molecule is C#Cc1c(F)ccc2cc(O)cc(-c3ncc4c(N5CC6CCC(C5)N6)nc(OCC5(CN6CCC7(CC6)CC(N6CCC(c8cccc(C=O)c8CN(C)C(C=O)CCC(=O)NC)CC6)C7)CC5)nc4c3F)c12. The van der Waals surface area contributed by atoms with Crippen LogP contribution in [0.2, 0.25) is 0 Å². The fourth-order valence-corrected chi connectivity index (χ4v) is 13.3. The number of phenols is 1. The van der Waals surface area contributed by atoms with E-state index in [1.807, 2.05) is 24.1 Å². The monoisotopic (exact) mass is 1010 g/mol. The van der Waals surface area contributed by atoms with E-state index in [-0.39, 0.29) is 57.2 Å². The number of hydrogen-bond donors (Lipinski definition) is 3. The lowest BCUT2D eigenvalue weighted by Gasteiger charge is -2.56. The Morgan fingerprint density at radius 3 is 2.47 bits per heavy atom. The summed E-state index contributed by atoms with van der Waals surface area (Å²) in [5, 5.41) is 18.2. The normalized spacial score (nSPS) is 22.2. The number of aromatic hydroxyl groups is 1. The molecule has 4 saturated heterocycles. The highest BCUT2D eigenvalue weighted by Gasteiger charge is 2.51. The van der Waals surface area contributed by atoms with E-state index in [2.05, 4.69) is 42.3 Å². The van der Waals surface area contributed by atoms with Gasteiger partial charge in [0.25, 0.3) is 0 Å². The summed E-state index contributed by atoms with van der Waals surface area (Å²) in [4.78, 5) is 60.0. The summed E-state index contributed by atoms with van der Waals surface area (Å²) in [6.45, 7) is 7.39. The molecular formula is C58H67F2N9O5. The number of phenolic OH excluding ortho intramolecular Hbond substituents is 1. The van der Waals surface area contributed by atoms with Crippen molar-refractivity contribution in [2.75, 3.05) is 71.4 Å². The van der Waals surface area contributed by atoms with E-state index in [0.717, 1.165) is 89.4 Å². The number of anilines is 1. The summed E-state index contributed by atoms with van der Waals surface area (Å²) in [6, 6.07) is 12.5. The molecule has 4 aliphatic heterocycles.